The first-order valence-electron chi connectivity index (χ1n) is 8.20. The number of amides is 4. The number of anilines is 1. The van der Waals surface area contributed by atoms with E-state index >= 15 is 0 Å². The second-order valence-corrected chi connectivity index (χ2v) is 6.21. The van der Waals surface area contributed by atoms with Gasteiger partial charge in [-0.3, -0.25) is 9.59 Å². The zero-order valence-electron chi connectivity index (χ0n) is 14.6. The Kier molecular flexibility index (Phi) is 4.84. The van der Waals surface area contributed by atoms with Gasteiger partial charge in [0.2, 0.25) is 5.91 Å². The molecule has 1 fully saturated rings. The SMILES string of the molecule is Cc1cccc(C=C2NC(=O)N(CC(=O)Nc3cccc(C)c3)C2=O)c1. The first kappa shape index (κ1) is 17.4. The van der Waals surface area contributed by atoms with E-state index < -0.39 is 17.8 Å². The Labute approximate surface area is 151 Å². The molecular formula is C20H19N3O3. The summed E-state index contributed by atoms with van der Waals surface area (Å²) in [6.45, 7) is 3.51. The Morgan fingerprint density at radius 1 is 1.08 bits per heavy atom. The van der Waals surface area contributed by atoms with Gasteiger partial charge >= 0.3 is 6.03 Å². The summed E-state index contributed by atoms with van der Waals surface area (Å²) in [5.41, 5.74) is 3.63. The fraction of sp³-hybridized carbons (Fsp3) is 0.150. The van der Waals surface area contributed by atoms with Crippen molar-refractivity contribution in [1.82, 2.24) is 10.2 Å². The lowest BCUT2D eigenvalue weighted by molar-refractivity contribution is -0.127. The topological polar surface area (TPSA) is 78.5 Å². The van der Waals surface area contributed by atoms with Crippen molar-refractivity contribution in [1.29, 1.82) is 0 Å². The number of nitrogens with one attached hydrogen (secondary N) is 2. The van der Waals surface area contributed by atoms with E-state index in [1.54, 1.807) is 12.1 Å². The van der Waals surface area contributed by atoms with Gasteiger partial charge in [-0.15, -0.1) is 0 Å². The standard InChI is InChI=1S/C20H19N3O3/c1-13-5-3-7-15(9-13)11-17-19(25)23(20(26)22-17)12-18(24)21-16-8-4-6-14(2)10-16/h3-11H,12H2,1-2H3,(H,21,24)(H,22,26). The second kappa shape index (κ2) is 7.23. The van der Waals surface area contributed by atoms with E-state index in [-0.39, 0.29) is 12.2 Å². The number of urea groups is 1. The van der Waals surface area contributed by atoms with Crippen molar-refractivity contribution in [2.45, 2.75) is 13.8 Å². The van der Waals surface area contributed by atoms with Crippen LogP contribution in [0.4, 0.5) is 10.5 Å². The lowest BCUT2D eigenvalue weighted by atomic mass is 10.1. The third-order valence-electron chi connectivity index (χ3n) is 3.92. The zero-order valence-corrected chi connectivity index (χ0v) is 14.6. The third-order valence-corrected chi connectivity index (χ3v) is 3.92. The van der Waals surface area contributed by atoms with Gasteiger partial charge in [-0.1, -0.05) is 42.0 Å². The molecule has 1 aliphatic heterocycles. The van der Waals surface area contributed by atoms with Crippen LogP contribution >= 0.6 is 0 Å². The van der Waals surface area contributed by atoms with Crippen LogP contribution in [0.3, 0.4) is 0 Å². The molecule has 0 radical (unpaired) electrons. The molecule has 0 aromatic heterocycles. The first-order chi connectivity index (χ1) is 12.4. The molecule has 132 valence electrons. The average molecular weight is 349 g/mol. The molecule has 1 saturated heterocycles. The molecule has 2 aromatic carbocycles. The number of hydrogen-bond donors (Lipinski definition) is 2. The highest BCUT2D eigenvalue weighted by Gasteiger charge is 2.34. The van der Waals surface area contributed by atoms with Gasteiger partial charge in [0.1, 0.15) is 12.2 Å². The lowest BCUT2D eigenvalue weighted by Gasteiger charge is -2.12. The van der Waals surface area contributed by atoms with Crippen molar-refractivity contribution in [3.8, 4) is 0 Å². The van der Waals surface area contributed by atoms with Crippen LogP contribution in [-0.4, -0.2) is 29.3 Å². The van der Waals surface area contributed by atoms with Crippen LogP contribution in [0, 0.1) is 13.8 Å². The number of hydrogen-bond acceptors (Lipinski definition) is 3. The minimum atomic E-state index is -0.603. The Hall–Kier alpha value is -3.41. The highest BCUT2D eigenvalue weighted by Crippen LogP contribution is 2.15. The van der Waals surface area contributed by atoms with E-state index in [0.717, 1.165) is 21.6 Å². The van der Waals surface area contributed by atoms with Crippen molar-refractivity contribution < 1.29 is 14.4 Å². The minimum Gasteiger partial charge on any atom is -0.325 e. The normalized spacial score (nSPS) is 15.3. The number of imide groups is 1. The van der Waals surface area contributed by atoms with Crippen molar-refractivity contribution in [3.63, 3.8) is 0 Å². The summed E-state index contributed by atoms with van der Waals surface area (Å²) in [7, 11) is 0. The number of rotatable bonds is 4. The summed E-state index contributed by atoms with van der Waals surface area (Å²) < 4.78 is 0. The molecule has 3 rings (SSSR count). The molecule has 1 aliphatic rings. The Morgan fingerprint density at radius 3 is 2.46 bits per heavy atom. The Bertz CT molecular complexity index is 918. The minimum absolute atomic E-state index is 0.156. The highest BCUT2D eigenvalue weighted by molar-refractivity contribution is 6.15. The maximum absolute atomic E-state index is 12.4. The predicted octanol–water partition coefficient (Wildman–Crippen LogP) is 2.83. The van der Waals surface area contributed by atoms with Crippen molar-refractivity contribution in [2.75, 3.05) is 11.9 Å². The smallest absolute Gasteiger partial charge is 0.325 e. The largest absolute Gasteiger partial charge is 0.329 e. The van der Waals surface area contributed by atoms with Gasteiger partial charge in [-0.05, 0) is 43.2 Å². The number of aryl methyl sites for hydroxylation is 2. The van der Waals surface area contributed by atoms with Crippen LogP contribution in [0.15, 0.2) is 54.2 Å². The molecule has 0 unspecified atom stereocenters. The van der Waals surface area contributed by atoms with Gasteiger partial charge in [0.25, 0.3) is 5.91 Å². The Balaban J connectivity index is 1.70. The molecule has 0 atom stereocenters. The second-order valence-electron chi connectivity index (χ2n) is 6.21. The number of benzene rings is 2. The molecule has 26 heavy (non-hydrogen) atoms. The quantitative estimate of drug-likeness (QED) is 0.658. The van der Waals surface area contributed by atoms with E-state index in [0.29, 0.717) is 5.69 Å². The molecule has 6 nitrogen and oxygen atoms in total. The molecule has 4 amide bonds. The van der Waals surface area contributed by atoms with Gasteiger partial charge in [0.15, 0.2) is 0 Å². The van der Waals surface area contributed by atoms with E-state index in [1.165, 1.54) is 0 Å². The maximum Gasteiger partial charge on any atom is 0.329 e. The average Bonchev–Trinajstić information content (AvgIpc) is 2.82. The van der Waals surface area contributed by atoms with E-state index in [2.05, 4.69) is 10.6 Å². The first-order valence-corrected chi connectivity index (χ1v) is 8.20. The van der Waals surface area contributed by atoms with E-state index in [9.17, 15) is 14.4 Å². The van der Waals surface area contributed by atoms with Gasteiger partial charge in [0, 0.05) is 5.69 Å². The molecule has 2 N–H and O–H groups in total. The van der Waals surface area contributed by atoms with Crippen molar-refractivity contribution in [2.24, 2.45) is 0 Å². The van der Waals surface area contributed by atoms with Gasteiger partial charge < -0.3 is 10.6 Å². The molecule has 1 heterocycles. The molecule has 2 aromatic rings. The summed E-state index contributed by atoms with van der Waals surface area (Å²) in [6, 6.07) is 14.2. The van der Waals surface area contributed by atoms with Gasteiger partial charge in [0.05, 0.1) is 0 Å². The lowest BCUT2D eigenvalue weighted by Crippen LogP contribution is -2.38. The summed E-state index contributed by atoms with van der Waals surface area (Å²) in [5.74, 6) is -0.952. The van der Waals surface area contributed by atoms with Crippen molar-refractivity contribution in [3.05, 3.63) is 70.9 Å². The monoisotopic (exact) mass is 349 g/mol. The van der Waals surface area contributed by atoms with E-state index in [1.807, 2.05) is 56.3 Å². The molecule has 6 heteroatoms. The van der Waals surface area contributed by atoms with Crippen LogP contribution in [0.2, 0.25) is 0 Å². The summed E-state index contributed by atoms with van der Waals surface area (Å²) in [4.78, 5) is 37.6. The van der Waals surface area contributed by atoms with Crippen LogP contribution < -0.4 is 10.6 Å². The van der Waals surface area contributed by atoms with Crippen molar-refractivity contribution >= 4 is 29.6 Å². The highest BCUT2D eigenvalue weighted by atomic mass is 16.2. The zero-order chi connectivity index (χ0) is 18.7. The van der Waals surface area contributed by atoms with Gasteiger partial charge in [-0.25, -0.2) is 9.69 Å². The molecule has 0 aliphatic carbocycles. The molecule has 0 spiro atoms. The summed E-state index contributed by atoms with van der Waals surface area (Å²) in [5, 5.41) is 5.21. The maximum atomic E-state index is 12.4. The number of carbonyl (C=O) groups is 3. The van der Waals surface area contributed by atoms with E-state index in [4.69, 9.17) is 0 Å². The van der Waals surface area contributed by atoms with Crippen LogP contribution in [0.1, 0.15) is 16.7 Å². The predicted molar refractivity (Wildman–Crippen MR) is 99.2 cm³/mol. The van der Waals surface area contributed by atoms with Crippen LogP contribution in [0.5, 0.6) is 0 Å². The fourth-order valence-electron chi connectivity index (χ4n) is 2.71. The fourth-order valence-corrected chi connectivity index (χ4v) is 2.71. The Morgan fingerprint density at radius 2 is 1.77 bits per heavy atom. The number of nitrogens with zero attached hydrogens (tertiary/aromatic N) is 1. The third kappa shape index (κ3) is 3.97. The summed E-state index contributed by atoms with van der Waals surface area (Å²) in [6.07, 6.45) is 1.60. The van der Waals surface area contributed by atoms with Gasteiger partial charge in [-0.2, -0.15) is 0 Å². The van der Waals surface area contributed by atoms with Crippen LogP contribution in [-0.2, 0) is 9.59 Å². The molecule has 0 saturated carbocycles. The molecule has 0 bridgehead atoms. The van der Waals surface area contributed by atoms with Crippen LogP contribution in [0.25, 0.3) is 6.08 Å². The molecular weight excluding hydrogens is 330 g/mol. The number of carbonyl (C=O) groups excluding carboxylic acids is 3. The summed E-state index contributed by atoms with van der Waals surface area (Å²) >= 11 is 0.